The average molecular weight is 68.1 g/mol. The van der Waals surface area contributed by atoms with Gasteiger partial charge in [-0.25, -0.2) is 0 Å². The predicted octanol–water partition coefficient (Wildman–Crippen LogP) is 0.640. The van der Waals surface area contributed by atoms with Crippen molar-refractivity contribution in [2.24, 2.45) is 0 Å². The first-order chi connectivity index (χ1) is 2.41. The van der Waals surface area contributed by atoms with Crippen LogP contribution < -0.4 is 5.73 Å². The molecule has 0 aliphatic rings. The van der Waals surface area contributed by atoms with E-state index in [4.69, 9.17) is 5.73 Å². The van der Waals surface area contributed by atoms with Crippen LogP contribution in [0, 0.1) is 12.0 Å². The van der Waals surface area contributed by atoms with Gasteiger partial charge in [0, 0.05) is 12.5 Å². The van der Waals surface area contributed by atoms with E-state index in [1.165, 1.54) is 0 Å². The number of nitrogens with one attached hydrogen (secondary N) is 1. The van der Waals surface area contributed by atoms with Crippen LogP contribution in [0.2, 0.25) is 0 Å². The number of hydrogen-bond donors (Lipinski definition) is 0. The third-order valence-corrected chi connectivity index (χ3v) is 0.265. The van der Waals surface area contributed by atoms with Crippen LogP contribution in [0.3, 0.4) is 0 Å². The third-order valence-electron chi connectivity index (χ3n) is 0.265. The van der Waals surface area contributed by atoms with Gasteiger partial charge >= 0.3 is 0 Å². The molecule has 0 aromatic carbocycles. The minimum atomic E-state index is 0.795. The lowest BCUT2D eigenvalue weighted by Gasteiger charge is -1.57. The van der Waals surface area contributed by atoms with E-state index in [2.05, 4.69) is 5.92 Å². The molecule has 0 fully saturated rings. The molecule has 5 heavy (non-hydrogen) atoms. The fourth-order valence-corrected chi connectivity index (χ4v) is 0.0884. The Balaban J connectivity index is 2.81. The molecule has 0 rings (SSSR count). The van der Waals surface area contributed by atoms with Gasteiger partial charge < -0.3 is 0 Å². The molecule has 0 amide bonds. The summed E-state index contributed by atoms with van der Waals surface area (Å²) in [6.45, 7) is 1.92. The standard InChI is InChI=1S/C4H6N/c1-2-3-4-5/h5H,2H2,1H3. The van der Waals surface area contributed by atoms with Gasteiger partial charge in [0.2, 0.25) is 0 Å². The highest BCUT2D eigenvalue weighted by atomic mass is 14.4. The topological polar surface area (TPSA) is 23.8 Å². The van der Waals surface area contributed by atoms with Crippen molar-refractivity contribution < 1.29 is 0 Å². The summed E-state index contributed by atoms with van der Waals surface area (Å²) in [7, 11) is 0. The fraction of sp³-hybridized carbons (Fsp3) is 0.500. The third kappa shape index (κ3) is 3.36. The maximum atomic E-state index is 6.24. The summed E-state index contributed by atoms with van der Waals surface area (Å²) in [5.74, 6) is 2.53. The van der Waals surface area contributed by atoms with E-state index in [-0.39, 0.29) is 0 Å². The van der Waals surface area contributed by atoms with Gasteiger partial charge in [-0.3, -0.25) is 5.73 Å². The van der Waals surface area contributed by atoms with Crippen LogP contribution in [0.25, 0.3) is 0 Å². The van der Waals surface area contributed by atoms with E-state index in [1.807, 2.05) is 13.0 Å². The Morgan fingerprint density at radius 2 is 2.40 bits per heavy atom. The first-order valence-electron chi connectivity index (χ1n) is 1.56. The Labute approximate surface area is 32.2 Å². The van der Waals surface area contributed by atoms with Gasteiger partial charge in [-0.1, -0.05) is 12.8 Å². The van der Waals surface area contributed by atoms with E-state index >= 15 is 0 Å². The Hall–Kier alpha value is -0.640. The minimum absolute atomic E-state index is 0.795. The van der Waals surface area contributed by atoms with Gasteiger partial charge in [0.25, 0.3) is 0 Å². The number of rotatable bonds is 0. The highest BCUT2D eigenvalue weighted by Gasteiger charge is 1.49. The molecule has 1 heteroatoms. The zero-order valence-electron chi connectivity index (χ0n) is 3.21. The van der Waals surface area contributed by atoms with Crippen molar-refractivity contribution in [1.29, 1.82) is 0 Å². The molecule has 1 radical (unpaired) electrons. The Bertz CT molecular complexity index is 55.8. The van der Waals surface area contributed by atoms with E-state index < -0.39 is 0 Å². The van der Waals surface area contributed by atoms with Crippen molar-refractivity contribution in [2.75, 3.05) is 0 Å². The summed E-state index contributed by atoms with van der Waals surface area (Å²) < 4.78 is 0. The minimum Gasteiger partial charge on any atom is -0.252 e. The van der Waals surface area contributed by atoms with Crippen LogP contribution in [-0.4, -0.2) is 0 Å². The highest BCUT2D eigenvalue weighted by Crippen LogP contribution is 1.60. The Kier molecular flexibility index (Phi) is 2.93. The molecular weight excluding hydrogens is 62.1 g/mol. The summed E-state index contributed by atoms with van der Waals surface area (Å²) in [5.41, 5.74) is 6.24. The second-order valence-corrected chi connectivity index (χ2v) is 0.655. The SMILES string of the molecule is CCC#C[NH]. The van der Waals surface area contributed by atoms with Crippen LogP contribution in [-0.2, 0) is 0 Å². The molecule has 0 aromatic rings. The molecule has 1 nitrogen and oxygen atoms in total. The molecule has 0 saturated carbocycles. The summed E-state index contributed by atoms with van der Waals surface area (Å²) in [6.07, 6.45) is 0.795. The fourth-order valence-electron chi connectivity index (χ4n) is 0.0884. The molecule has 0 atom stereocenters. The molecule has 0 unspecified atom stereocenters. The summed E-state index contributed by atoms with van der Waals surface area (Å²) in [4.78, 5) is 0. The van der Waals surface area contributed by atoms with Crippen molar-refractivity contribution in [3.63, 3.8) is 0 Å². The first-order valence-corrected chi connectivity index (χ1v) is 1.56. The molecule has 27 valence electrons. The normalized spacial score (nSPS) is 5.00. The zero-order chi connectivity index (χ0) is 4.12. The van der Waals surface area contributed by atoms with Gasteiger partial charge in [-0.15, -0.1) is 0 Å². The maximum Gasteiger partial charge on any atom is 0.0254 e. The summed E-state index contributed by atoms with van der Waals surface area (Å²) in [5, 5.41) is 0. The summed E-state index contributed by atoms with van der Waals surface area (Å²) >= 11 is 0. The lowest BCUT2D eigenvalue weighted by atomic mass is 10.5. The zero-order valence-corrected chi connectivity index (χ0v) is 3.21. The van der Waals surface area contributed by atoms with Crippen LogP contribution in [0.1, 0.15) is 13.3 Å². The highest BCUT2D eigenvalue weighted by molar-refractivity contribution is 4.90. The Morgan fingerprint density at radius 1 is 1.80 bits per heavy atom. The molecule has 0 aliphatic heterocycles. The van der Waals surface area contributed by atoms with Crippen molar-refractivity contribution in [2.45, 2.75) is 13.3 Å². The molecule has 0 spiro atoms. The van der Waals surface area contributed by atoms with Gasteiger partial charge in [0.1, 0.15) is 0 Å². The quantitative estimate of drug-likeness (QED) is 0.372. The van der Waals surface area contributed by atoms with E-state index in [0.717, 1.165) is 6.42 Å². The monoisotopic (exact) mass is 68.1 g/mol. The van der Waals surface area contributed by atoms with Gasteiger partial charge in [0.15, 0.2) is 0 Å². The summed E-state index contributed by atoms with van der Waals surface area (Å²) in [6, 6.07) is 2.02. The molecule has 1 N–H and O–H groups in total. The molecule has 0 saturated heterocycles. The van der Waals surface area contributed by atoms with Crippen molar-refractivity contribution in [1.82, 2.24) is 5.73 Å². The predicted molar refractivity (Wildman–Crippen MR) is 21.2 cm³/mol. The Morgan fingerprint density at radius 3 is 2.40 bits per heavy atom. The molecule has 0 aromatic heterocycles. The molecular formula is C4H6N. The van der Waals surface area contributed by atoms with Gasteiger partial charge in [-0.05, 0) is 0 Å². The van der Waals surface area contributed by atoms with Crippen LogP contribution in [0.4, 0.5) is 0 Å². The van der Waals surface area contributed by atoms with Crippen LogP contribution >= 0.6 is 0 Å². The van der Waals surface area contributed by atoms with Crippen molar-refractivity contribution in [3.05, 3.63) is 0 Å². The largest absolute Gasteiger partial charge is 0.252 e. The second-order valence-electron chi connectivity index (χ2n) is 0.655. The second kappa shape index (κ2) is 3.36. The molecule has 0 aliphatic carbocycles. The lowest BCUT2D eigenvalue weighted by molar-refractivity contribution is 1.27. The smallest absolute Gasteiger partial charge is 0.0254 e. The molecule has 0 bridgehead atoms. The maximum absolute atomic E-state index is 6.24. The number of hydrogen-bond acceptors (Lipinski definition) is 0. The lowest BCUT2D eigenvalue weighted by Crippen LogP contribution is -1.52. The van der Waals surface area contributed by atoms with Crippen molar-refractivity contribution in [3.8, 4) is 12.0 Å². The van der Waals surface area contributed by atoms with E-state index in [0.29, 0.717) is 0 Å². The van der Waals surface area contributed by atoms with Crippen molar-refractivity contribution >= 4 is 0 Å². The molecule has 0 heterocycles. The van der Waals surface area contributed by atoms with Crippen LogP contribution in [0.5, 0.6) is 0 Å². The van der Waals surface area contributed by atoms with Gasteiger partial charge in [0.05, 0.1) is 0 Å². The van der Waals surface area contributed by atoms with E-state index in [9.17, 15) is 0 Å². The average Bonchev–Trinajstić information content (AvgIpc) is 1.41. The van der Waals surface area contributed by atoms with Crippen LogP contribution in [0.15, 0.2) is 0 Å². The first kappa shape index (κ1) is 4.36. The van der Waals surface area contributed by atoms with Gasteiger partial charge in [-0.2, -0.15) is 0 Å². The van der Waals surface area contributed by atoms with E-state index in [1.54, 1.807) is 0 Å².